The van der Waals surface area contributed by atoms with Crippen LogP contribution in [0.1, 0.15) is 49.0 Å². The smallest absolute Gasteiger partial charge is 0.254 e. The average Bonchev–Trinajstić information content (AvgIpc) is 2.53. The van der Waals surface area contributed by atoms with Gasteiger partial charge in [0, 0.05) is 18.2 Å². The molecule has 0 N–H and O–H groups in total. The molecule has 21 heavy (non-hydrogen) atoms. The fourth-order valence-corrected chi connectivity index (χ4v) is 3.56. The predicted octanol–water partition coefficient (Wildman–Crippen LogP) is 4.42. The van der Waals surface area contributed by atoms with Gasteiger partial charge < -0.3 is 4.90 Å². The van der Waals surface area contributed by atoms with Crippen LogP contribution in [0.15, 0.2) is 36.4 Å². The second kappa shape index (κ2) is 5.88. The van der Waals surface area contributed by atoms with Crippen LogP contribution in [0.25, 0.3) is 10.8 Å². The summed E-state index contributed by atoms with van der Waals surface area (Å²) < 4.78 is 0. The molecule has 1 aliphatic heterocycles. The van der Waals surface area contributed by atoms with E-state index in [1.165, 1.54) is 16.3 Å². The first-order valence-electron chi connectivity index (χ1n) is 8.07. The summed E-state index contributed by atoms with van der Waals surface area (Å²) in [6.45, 7) is 5.24. The monoisotopic (exact) mass is 281 g/mol. The van der Waals surface area contributed by atoms with E-state index in [0.717, 1.165) is 37.8 Å². The molecule has 1 unspecified atom stereocenters. The highest BCUT2D eigenvalue weighted by atomic mass is 16.2. The first-order chi connectivity index (χ1) is 10.3. The Morgan fingerprint density at radius 1 is 1.14 bits per heavy atom. The van der Waals surface area contributed by atoms with Crippen LogP contribution in [0.4, 0.5) is 0 Å². The first-order valence-corrected chi connectivity index (χ1v) is 8.07. The number of hydrogen-bond donors (Lipinski definition) is 0. The van der Waals surface area contributed by atoms with Gasteiger partial charge in [0.1, 0.15) is 0 Å². The molecule has 0 spiro atoms. The Morgan fingerprint density at radius 3 is 2.71 bits per heavy atom. The van der Waals surface area contributed by atoms with Crippen molar-refractivity contribution < 1.29 is 4.79 Å². The van der Waals surface area contributed by atoms with Gasteiger partial charge in [0.25, 0.3) is 5.91 Å². The number of carbonyl (C=O) groups is 1. The quantitative estimate of drug-likeness (QED) is 0.812. The van der Waals surface area contributed by atoms with Crippen molar-refractivity contribution in [2.75, 3.05) is 6.54 Å². The Bertz CT molecular complexity index is 662. The van der Waals surface area contributed by atoms with Crippen molar-refractivity contribution in [2.24, 2.45) is 0 Å². The molecule has 3 rings (SSSR count). The molecule has 1 amide bonds. The van der Waals surface area contributed by atoms with Crippen molar-refractivity contribution in [3.05, 3.63) is 47.5 Å². The van der Waals surface area contributed by atoms with Gasteiger partial charge in [-0.2, -0.15) is 0 Å². The second-order valence-electron chi connectivity index (χ2n) is 5.91. The molecular weight excluding hydrogens is 258 g/mol. The maximum absolute atomic E-state index is 12.9. The van der Waals surface area contributed by atoms with Gasteiger partial charge in [0.2, 0.25) is 0 Å². The molecule has 0 aromatic heterocycles. The van der Waals surface area contributed by atoms with Crippen molar-refractivity contribution in [2.45, 2.75) is 45.6 Å². The van der Waals surface area contributed by atoms with Crippen LogP contribution in [-0.4, -0.2) is 23.4 Å². The van der Waals surface area contributed by atoms with Crippen LogP contribution < -0.4 is 0 Å². The molecule has 1 heterocycles. The number of fused-ring (bicyclic) bond motifs is 3. The molecule has 2 heteroatoms. The SMILES string of the molecule is CCCC(CC)N1CCc2c(ccc3ccccc23)C1=O. The zero-order valence-corrected chi connectivity index (χ0v) is 12.9. The topological polar surface area (TPSA) is 20.3 Å². The number of nitrogens with zero attached hydrogens (tertiary/aromatic N) is 1. The summed E-state index contributed by atoms with van der Waals surface area (Å²) in [4.78, 5) is 15.0. The molecule has 1 aliphatic rings. The van der Waals surface area contributed by atoms with Crippen LogP contribution in [0, 0.1) is 0 Å². The van der Waals surface area contributed by atoms with Crippen LogP contribution >= 0.6 is 0 Å². The minimum Gasteiger partial charge on any atom is -0.335 e. The Kier molecular flexibility index (Phi) is 3.96. The number of carbonyl (C=O) groups excluding carboxylic acids is 1. The molecule has 0 aliphatic carbocycles. The molecule has 2 aromatic rings. The molecule has 0 radical (unpaired) electrons. The van der Waals surface area contributed by atoms with Crippen LogP contribution in [0.5, 0.6) is 0 Å². The number of amides is 1. The summed E-state index contributed by atoms with van der Waals surface area (Å²) in [5.41, 5.74) is 2.15. The first kappa shape index (κ1) is 14.1. The van der Waals surface area contributed by atoms with Crippen molar-refractivity contribution in [3.8, 4) is 0 Å². The maximum Gasteiger partial charge on any atom is 0.254 e. The third kappa shape index (κ3) is 2.44. The lowest BCUT2D eigenvalue weighted by Crippen LogP contribution is -2.44. The Hall–Kier alpha value is -1.83. The van der Waals surface area contributed by atoms with Gasteiger partial charge in [-0.05, 0) is 41.7 Å². The van der Waals surface area contributed by atoms with Crippen molar-refractivity contribution >= 4 is 16.7 Å². The van der Waals surface area contributed by atoms with Gasteiger partial charge in [0.15, 0.2) is 0 Å². The van der Waals surface area contributed by atoms with E-state index in [-0.39, 0.29) is 5.91 Å². The van der Waals surface area contributed by atoms with Gasteiger partial charge in [-0.1, -0.05) is 50.6 Å². The molecule has 0 fully saturated rings. The number of benzene rings is 2. The molecule has 2 aromatic carbocycles. The molecule has 1 atom stereocenters. The Morgan fingerprint density at radius 2 is 1.95 bits per heavy atom. The van der Waals surface area contributed by atoms with Gasteiger partial charge in [-0.25, -0.2) is 0 Å². The molecule has 110 valence electrons. The average molecular weight is 281 g/mol. The van der Waals surface area contributed by atoms with E-state index >= 15 is 0 Å². The van der Waals surface area contributed by atoms with Gasteiger partial charge in [-0.3, -0.25) is 4.79 Å². The largest absolute Gasteiger partial charge is 0.335 e. The minimum atomic E-state index is 0.224. The standard InChI is InChI=1S/C19H23NO/c1-3-7-15(4-2)20-13-12-17-16-9-6-5-8-14(16)10-11-18(17)19(20)21/h5-6,8-11,15H,3-4,7,12-13H2,1-2H3. The van der Waals surface area contributed by atoms with E-state index in [9.17, 15) is 4.79 Å². The van der Waals surface area contributed by atoms with Crippen molar-refractivity contribution in [1.82, 2.24) is 4.90 Å². The molecule has 0 bridgehead atoms. The van der Waals surface area contributed by atoms with E-state index in [1.54, 1.807) is 0 Å². The van der Waals surface area contributed by atoms with Crippen LogP contribution in [0.2, 0.25) is 0 Å². The summed E-state index contributed by atoms with van der Waals surface area (Å²) in [7, 11) is 0. The van der Waals surface area contributed by atoms with E-state index < -0.39 is 0 Å². The normalized spacial score (nSPS) is 16.1. The third-order valence-corrected chi connectivity index (χ3v) is 4.67. The van der Waals surface area contributed by atoms with Gasteiger partial charge in [0.05, 0.1) is 0 Å². The van der Waals surface area contributed by atoms with Crippen LogP contribution in [-0.2, 0) is 6.42 Å². The van der Waals surface area contributed by atoms with E-state index in [1.807, 2.05) is 6.07 Å². The van der Waals surface area contributed by atoms with Gasteiger partial charge in [-0.15, -0.1) is 0 Å². The van der Waals surface area contributed by atoms with E-state index in [4.69, 9.17) is 0 Å². The lowest BCUT2D eigenvalue weighted by molar-refractivity contribution is 0.0644. The maximum atomic E-state index is 12.9. The van der Waals surface area contributed by atoms with Crippen LogP contribution in [0.3, 0.4) is 0 Å². The zero-order valence-electron chi connectivity index (χ0n) is 12.9. The number of rotatable bonds is 4. The third-order valence-electron chi connectivity index (χ3n) is 4.67. The fraction of sp³-hybridized carbons (Fsp3) is 0.421. The summed E-state index contributed by atoms with van der Waals surface area (Å²) in [6, 6.07) is 12.9. The molecule has 0 saturated heterocycles. The van der Waals surface area contributed by atoms with Crippen molar-refractivity contribution in [3.63, 3.8) is 0 Å². The highest BCUT2D eigenvalue weighted by Crippen LogP contribution is 2.29. The summed E-state index contributed by atoms with van der Waals surface area (Å²) in [6.07, 6.45) is 4.25. The predicted molar refractivity (Wildman–Crippen MR) is 87.7 cm³/mol. The highest BCUT2D eigenvalue weighted by Gasteiger charge is 2.29. The molecule has 2 nitrogen and oxygen atoms in total. The second-order valence-corrected chi connectivity index (χ2v) is 5.91. The minimum absolute atomic E-state index is 0.224. The lowest BCUT2D eigenvalue weighted by atomic mass is 9.91. The van der Waals surface area contributed by atoms with E-state index in [0.29, 0.717) is 6.04 Å². The Balaban J connectivity index is 2.00. The van der Waals surface area contributed by atoms with Gasteiger partial charge >= 0.3 is 0 Å². The highest BCUT2D eigenvalue weighted by molar-refractivity contribution is 6.02. The Labute approximate surface area is 126 Å². The molecule has 0 saturated carbocycles. The fourth-order valence-electron chi connectivity index (χ4n) is 3.56. The summed E-state index contributed by atoms with van der Waals surface area (Å²) in [5, 5.41) is 2.48. The molecular formula is C19H23NO. The van der Waals surface area contributed by atoms with E-state index in [2.05, 4.69) is 49.1 Å². The van der Waals surface area contributed by atoms with Crippen molar-refractivity contribution in [1.29, 1.82) is 0 Å². The summed E-state index contributed by atoms with van der Waals surface area (Å²) in [5.74, 6) is 0.224. The lowest BCUT2D eigenvalue weighted by Gasteiger charge is -2.35. The number of hydrogen-bond acceptors (Lipinski definition) is 1. The zero-order chi connectivity index (χ0) is 14.8. The summed E-state index contributed by atoms with van der Waals surface area (Å²) >= 11 is 0.